The SMILES string of the molecule is COc1cc(OC)c(C=NN=C(N)NO)cc1Br.Cc1ccc(S(=O)(=O)O)cc1. The van der Waals surface area contributed by atoms with Gasteiger partial charge in [0.1, 0.15) is 11.5 Å². The van der Waals surface area contributed by atoms with E-state index in [1.807, 2.05) is 6.92 Å². The van der Waals surface area contributed by atoms with Gasteiger partial charge in [0.05, 0.1) is 29.8 Å². The van der Waals surface area contributed by atoms with Crippen molar-refractivity contribution in [3.05, 3.63) is 52.0 Å². The maximum Gasteiger partial charge on any atom is 0.294 e. The Morgan fingerprint density at radius 3 is 2.24 bits per heavy atom. The monoisotopic (exact) mass is 488 g/mol. The summed E-state index contributed by atoms with van der Waals surface area (Å²) in [5, 5.41) is 15.6. The summed E-state index contributed by atoms with van der Waals surface area (Å²) in [6.07, 6.45) is 1.44. The average Bonchev–Trinajstić information content (AvgIpc) is 2.68. The molecule has 2 rings (SSSR count). The number of aryl methyl sites for hydroxylation is 1. The molecule has 0 aliphatic rings. The van der Waals surface area contributed by atoms with Gasteiger partial charge in [0, 0.05) is 11.6 Å². The highest BCUT2D eigenvalue weighted by Gasteiger charge is 2.08. The summed E-state index contributed by atoms with van der Waals surface area (Å²) in [7, 11) is -0.924. The summed E-state index contributed by atoms with van der Waals surface area (Å²) in [6, 6.07) is 9.46. The number of nitrogens with one attached hydrogen (secondary N) is 1. The molecule has 2 aromatic carbocycles. The van der Waals surface area contributed by atoms with Crippen molar-refractivity contribution in [1.82, 2.24) is 5.48 Å². The molecular formula is C17H21BrN4O6S. The first kappa shape index (κ1) is 24.4. The normalized spacial score (nSPS) is 11.6. The summed E-state index contributed by atoms with van der Waals surface area (Å²) in [5.74, 6) is 1.01. The lowest BCUT2D eigenvalue weighted by molar-refractivity contribution is 0.232. The molecule has 0 bridgehead atoms. The van der Waals surface area contributed by atoms with E-state index in [-0.39, 0.29) is 10.9 Å². The molecule has 0 aromatic heterocycles. The summed E-state index contributed by atoms with van der Waals surface area (Å²) in [5.41, 5.74) is 8.50. The van der Waals surface area contributed by atoms with Gasteiger partial charge in [-0.25, -0.2) is 5.48 Å². The molecular weight excluding hydrogens is 468 g/mol. The highest BCUT2D eigenvalue weighted by atomic mass is 79.9. The zero-order valence-corrected chi connectivity index (χ0v) is 18.2. The average molecular weight is 489 g/mol. The molecule has 0 atom stereocenters. The molecule has 5 N–H and O–H groups in total. The van der Waals surface area contributed by atoms with E-state index < -0.39 is 10.1 Å². The molecule has 0 aliphatic carbocycles. The van der Waals surface area contributed by atoms with Gasteiger partial charge in [-0.2, -0.15) is 13.5 Å². The van der Waals surface area contributed by atoms with Crippen LogP contribution in [0.2, 0.25) is 0 Å². The third-order valence-corrected chi connectivity index (χ3v) is 4.79. The van der Waals surface area contributed by atoms with Crippen LogP contribution in [0.3, 0.4) is 0 Å². The van der Waals surface area contributed by atoms with E-state index in [9.17, 15) is 8.42 Å². The fraction of sp³-hybridized carbons (Fsp3) is 0.176. The molecule has 0 fully saturated rings. The predicted octanol–water partition coefficient (Wildman–Crippen LogP) is 2.34. The summed E-state index contributed by atoms with van der Waals surface area (Å²) >= 11 is 3.35. The molecule has 0 saturated carbocycles. The predicted molar refractivity (Wildman–Crippen MR) is 112 cm³/mol. The number of methoxy groups -OCH3 is 2. The van der Waals surface area contributed by atoms with E-state index in [1.54, 1.807) is 36.9 Å². The quantitative estimate of drug-likeness (QED) is 0.216. The van der Waals surface area contributed by atoms with Gasteiger partial charge in [-0.05, 0) is 41.1 Å². The molecule has 0 unspecified atom stereocenters. The Hall–Kier alpha value is -2.67. The smallest absolute Gasteiger partial charge is 0.294 e. The number of rotatable bonds is 5. The lowest BCUT2D eigenvalue weighted by Gasteiger charge is -2.08. The van der Waals surface area contributed by atoms with Crippen LogP contribution in [-0.2, 0) is 10.1 Å². The van der Waals surface area contributed by atoms with E-state index in [0.29, 0.717) is 17.1 Å². The Kier molecular flexibility index (Phi) is 9.55. The van der Waals surface area contributed by atoms with Crippen molar-refractivity contribution in [2.45, 2.75) is 11.8 Å². The van der Waals surface area contributed by atoms with E-state index in [4.69, 9.17) is 25.0 Å². The van der Waals surface area contributed by atoms with E-state index in [1.165, 1.54) is 25.5 Å². The van der Waals surface area contributed by atoms with Gasteiger partial charge in [0.2, 0.25) is 5.96 Å². The minimum absolute atomic E-state index is 0.0666. The Balaban J connectivity index is 0.000000326. The number of benzene rings is 2. The van der Waals surface area contributed by atoms with E-state index in [0.717, 1.165) is 10.0 Å². The minimum atomic E-state index is -4.02. The number of hydrogen-bond acceptors (Lipinski definition) is 7. The Labute approximate surface area is 176 Å². The van der Waals surface area contributed by atoms with Crippen molar-refractivity contribution >= 4 is 38.2 Å². The number of ether oxygens (including phenoxy) is 2. The Bertz CT molecular complexity index is 978. The molecule has 0 aliphatic heterocycles. The summed E-state index contributed by atoms with van der Waals surface area (Å²) in [6.45, 7) is 1.84. The maximum atomic E-state index is 10.5. The number of nitrogens with two attached hydrogens (primary N) is 1. The molecule has 0 amide bonds. The third-order valence-electron chi connectivity index (χ3n) is 3.30. The van der Waals surface area contributed by atoms with E-state index >= 15 is 0 Å². The van der Waals surface area contributed by atoms with Crippen LogP contribution in [-0.4, -0.2) is 44.6 Å². The van der Waals surface area contributed by atoms with Gasteiger partial charge in [-0.1, -0.05) is 17.7 Å². The summed E-state index contributed by atoms with van der Waals surface area (Å²) in [4.78, 5) is -0.0666. The molecule has 0 heterocycles. The molecule has 10 nitrogen and oxygen atoms in total. The van der Waals surface area contributed by atoms with Crippen molar-refractivity contribution < 1.29 is 27.7 Å². The van der Waals surface area contributed by atoms with Crippen molar-refractivity contribution in [2.24, 2.45) is 15.9 Å². The second-order valence-electron chi connectivity index (χ2n) is 5.36. The van der Waals surface area contributed by atoms with Crippen molar-refractivity contribution in [2.75, 3.05) is 14.2 Å². The fourth-order valence-electron chi connectivity index (χ4n) is 1.87. The van der Waals surface area contributed by atoms with Gasteiger partial charge in [-0.15, -0.1) is 5.10 Å². The largest absolute Gasteiger partial charge is 0.496 e. The first-order valence-corrected chi connectivity index (χ1v) is 10.1. The highest BCUT2D eigenvalue weighted by Crippen LogP contribution is 2.31. The molecule has 29 heavy (non-hydrogen) atoms. The molecule has 0 radical (unpaired) electrons. The molecule has 0 saturated heterocycles. The minimum Gasteiger partial charge on any atom is -0.496 e. The standard InChI is InChI=1S/C10H13BrN4O3.C7H8O3S/c1-17-8-4-9(18-2)7(11)3-6(8)5-13-14-10(12)15-16;1-6-2-4-7(5-3-6)11(8,9)10/h3-5,16H,1-2H3,(H3,12,14,15);2-5H,1H3,(H,8,9,10). The van der Waals surface area contributed by atoms with Crippen molar-refractivity contribution in [1.29, 1.82) is 0 Å². The van der Waals surface area contributed by atoms with Crippen LogP contribution in [0.15, 0.2) is 56.0 Å². The second kappa shape index (κ2) is 11.4. The van der Waals surface area contributed by atoms with E-state index in [2.05, 4.69) is 26.1 Å². The van der Waals surface area contributed by atoms with Gasteiger partial charge in [-0.3, -0.25) is 9.76 Å². The third kappa shape index (κ3) is 8.07. The lowest BCUT2D eigenvalue weighted by Crippen LogP contribution is -2.27. The highest BCUT2D eigenvalue weighted by molar-refractivity contribution is 9.10. The van der Waals surface area contributed by atoms with Crippen LogP contribution >= 0.6 is 15.9 Å². The zero-order valence-electron chi connectivity index (χ0n) is 15.8. The zero-order chi connectivity index (χ0) is 22.0. The van der Waals surface area contributed by atoms with Crippen molar-refractivity contribution in [3.8, 4) is 11.5 Å². The van der Waals surface area contributed by atoms with Gasteiger partial charge >= 0.3 is 0 Å². The van der Waals surface area contributed by atoms with Gasteiger partial charge < -0.3 is 15.2 Å². The number of hydroxylamine groups is 1. The second-order valence-corrected chi connectivity index (χ2v) is 7.63. The number of hydrogen-bond donors (Lipinski definition) is 4. The maximum absolute atomic E-state index is 10.5. The Morgan fingerprint density at radius 2 is 1.76 bits per heavy atom. The lowest BCUT2D eigenvalue weighted by atomic mass is 10.2. The Morgan fingerprint density at radius 1 is 1.17 bits per heavy atom. The van der Waals surface area contributed by atoms with Crippen LogP contribution in [0.5, 0.6) is 11.5 Å². The molecule has 0 spiro atoms. The molecule has 2 aromatic rings. The number of nitrogens with zero attached hydrogens (tertiary/aromatic N) is 2. The first-order chi connectivity index (χ1) is 13.6. The summed E-state index contributed by atoms with van der Waals surface area (Å²) < 4.78 is 40.6. The van der Waals surface area contributed by atoms with Crippen LogP contribution in [0.1, 0.15) is 11.1 Å². The van der Waals surface area contributed by atoms with Crippen molar-refractivity contribution in [3.63, 3.8) is 0 Å². The molecule has 158 valence electrons. The van der Waals surface area contributed by atoms with Gasteiger partial charge in [0.15, 0.2) is 0 Å². The first-order valence-electron chi connectivity index (χ1n) is 7.84. The van der Waals surface area contributed by atoms with Crippen LogP contribution in [0.4, 0.5) is 0 Å². The molecule has 12 heteroatoms. The fourth-order valence-corrected chi connectivity index (χ4v) is 2.87. The van der Waals surface area contributed by atoms with Crippen LogP contribution < -0.4 is 20.7 Å². The van der Waals surface area contributed by atoms with Crippen LogP contribution in [0, 0.1) is 6.92 Å². The topological polar surface area (TPSA) is 156 Å². The van der Waals surface area contributed by atoms with Crippen LogP contribution in [0.25, 0.3) is 0 Å². The van der Waals surface area contributed by atoms with Gasteiger partial charge in [0.25, 0.3) is 10.1 Å². The number of guanidine groups is 1. The number of halogens is 1.